The predicted molar refractivity (Wildman–Crippen MR) is 139 cm³/mol. The molecular formula is C25H27Br2N3O3. The standard InChI is InChI=1S/C25H27Br2N3O3/c1-3-32-22-14-23(33-4-2)20(27)12-17(22)15-28-30-24(16-8-6-5-7-9-16)29-21-11-10-18(26)13-19(21)25(30)31/h10-16H,3-9H2,1-2H3. The van der Waals surface area contributed by atoms with Crippen LogP contribution in [0.2, 0.25) is 0 Å². The minimum absolute atomic E-state index is 0.166. The Morgan fingerprint density at radius 1 is 1.06 bits per heavy atom. The summed E-state index contributed by atoms with van der Waals surface area (Å²) in [5.41, 5.74) is 1.29. The molecular weight excluding hydrogens is 550 g/mol. The van der Waals surface area contributed by atoms with E-state index in [9.17, 15) is 4.79 Å². The minimum Gasteiger partial charge on any atom is -0.493 e. The first-order chi connectivity index (χ1) is 16.0. The van der Waals surface area contributed by atoms with Gasteiger partial charge in [0.2, 0.25) is 0 Å². The summed E-state index contributed by atoms with van der Waals surface area (Å²) >= 11 is 7.03. The van der Waals surface area contributed by atoms with Crippen molar-refractivity contribution in [2.75, 3.05) is 13.2 Å². The largest absolute Gasteiger partial charge is 0.493 e. The summed E-state index contributed by atoms with van der Waals surface area (Å²) in [6.45, 7) is 4.93. The zero-order valence-corrected chi connectivity index (χ0v) is 22.0. The SMILES string of the molecule is CCOc1cc(OCC)c(C=Nn2c(C3CCCCC3)nc3ccc(Br)cc3c2=O)cc1Br. The maximum Gasteiger partial charge on any atom is 0.282 e. The van der Waals surface area contributed by atoms with Crippen molar-refractivity contribution in [1.82, 2.24) is 9.66 Å². The number of nitrogens with zero attached hydrogens (tertiary/aromatic N) is 3. The van der Waals surface area contributed by atoms with Crippen molar-refractivity contribution in [2.24, 2.45) is 5.10 Å². The zero-order chi connectivity index (χ0) is 23.4. The number of benzene rings is 2. The summed E-state index contributed by atoms with van der Waals surface area (Å²) in [5.74, 6) is 2.30. The molecule has 0 N–H and O–H groups in total. The Kier molecular flexibility index (Phi) is 7.86. The molecule has 0 aliphatic heterocycles. The van der Waals surface area contributed by atoms with Gasteiger partial charge in [-0.15, -0.1) is 0 Å². The fraction of sp³-hybridized carbons (Fsp3) is 0.400. The second kappa shape index (κ2) is 10.8. The molecule has 0 amide bonds. The summed E-state index contributed by atoms with van der Waals surface area (Å²) in [5, 5.41) is 5.19. The lowest BCUT2D eigenvalue weighted by Gasteiger charge is -2.22. The van der Waals surface area contributed by atoms with E-state index >= 15 is 0 Å². The Hall–Kier alpha value is -2.19. The molecule has 4 rings (SSSR count). The molecule has 1 saturated carbocycles. The third-order valence-electron chi connectivity index (χ3n) is 5.78. The molecule has 1 aliphatic carbocycles. The van der Waals surface area contributed by atoms with Crippen LogP contribution in [0.5, 0.6) is 11.5 Å². The number of rotatable bonds is 7. The summed E-state index contributed by atoms with van der Waals surface area (Å²) in [6.07, 6.45) is 7.21. The predicted octanol–water partition coefficient (Wildman–Crippen LogP) is 6.65. The number of fused-ring (bicyclic) bond motifs is 1. The van der Waals surface area contributed by atoms with Crippen molar-refractivity contribution in [1.29, 1.82) is 0 Å². The molecule has 1 fully saturated rings. The molecule has 1 heterocycles. The molecule has 0 spiro atoms. The van der Waals surface area contributed by atoms with Crippen LogP contribution < -0.4 is 15.0 Å². The number of ether oxygens (including phenoxy) is 2. The molecule has 174 valence electrons. The van der Waals surface area contributed by atoms with E-state index in [0.29, 0.717) is 35.6 Å². The maximum atomic E-state index is 13.5. The van der Waals surface area contributed by atoms with Gasteiger partial charge in [-0.2, -0.15) is 9.78 Å². The number of hydrogen-bond acceptors (Lipinski definition) is 5. The normalized spacial score (nSPS) is 14.8. The number of hydrogen-bond donors (Lipinski definition) is 0. The molecule has 0 saturated heterocycles. The van der Waals surface area contributed by atoms with Crippen LogP contribution in [0, 0.1) is 0 Å². The van der Waals surface area contributed by atoms with Gasteiger partial charge in [0.15, 0.2) is 0 Å². The van der Waals surface area contributed by atoms with Crippen molar-refractivity contribution in [3.05, 3.63) is 61.0 Å². The van der Waals surface area contributed by atoms with E-state index in [-0.39, 0.29) is 11.5 Å². The molecule has 33 heavy (non-hydrogen) atoms. The summed E-state index contributed by atoms with van der Waals surface area (Å²) in [4.78, 5) is 18.4. The lowest BCUT2D eigenvalue weighted by Crippen LogP contribution is -2.25. The lowest BCUT2D eigenvalue weighted by molar-refractivity contribution is 0.321. The third kappa shape index (κ3) is 5.32. The van der Waals surface area contributed by atoms with E-state index in [1.807, 2.05) is 38.1 Å². The van der Waals surface area contributed by atoms with Crippen molar-refractivity contribution in [3.63, 3.8) is 0 Å². The molecule has 0 atom stereocenters. The van der Waals surface area contributed by atoms with Crippen molar-refractivity contribution >= 4 is 49.0 Å². The first-order valence-electron chi connectivity index (χ1n) is 11.4. The van der Waals surface area contributed by atoms with Crippen LogP contribution in [0.4, 0.5) is 0 Å². The van der Waals surface area contributed by atoms with E-state index < -0.39 is 0 Å². The van der Waals surface area contributed by atoms with Gasteiger partial charge in [-0.3, -0.25) is 4.79 Å². The highest BCUT2D eigenvalue weighted by Crippen LogP contribution is 2.34. The highest BCUT2D eigenvalue weighted by atomic mass is 79.9. The first kappa shape index (κ1) is 24.0. The Labute approximate surface area is 210 Å². The molecule has 1 aliphatic rings. The van der Waals surface area contributed by atoms with Crippen molar-refractivity contribution in [2.45, 2.75) is 51.9 Å². The Bertz CT molecular complexity index is 1230. The van der Waals surface area contributed by atoms with Gasteiger partial charge in [0.25, 0.3) is 5.56 Å². The quantitative estimate of drug-likeness (QED) is 0.295. The molecule has 2 aromatic carbocycles. The van der Waals surface area contributed by atoms with Crippen molar-refractivity contribution < 1.29 is 9.47 Å². The van der Waals surface area contributed by atoms with Crippen LogP contribution in [-0.2, 0) is 0 Å². The van der Waals surface area contributed by atoms with E-state index in [1.165, 1.54) is 11.1 Å². The van der Waals surface area contributed by atoms with E-state index in [2.05, 4.69) is 37.0 Å². The molecule has 8 heteroatoms. The number of halogens is 2. The fourth-order valence-corrected chi connectivity index (χ4v) is 5.06. The van der Waals surface area contributed by atoms with Gasteiger partial charge < -0.3 is 9.47 Å². The van der Waals surface area contributed by atoms with Crippen molar-refractivity contribution in [3.8, 4) is 11.5 Å². The summed E-state index contributed by atoms with van der Waals surface area (Å²) < 4.78 is 14.6. The highest BCUT2D eigenvalue weighted by Gasteiger charge is 2.22. The Balaban J connectivity index is 1.84. The number of aromatic nitrogens is 2. The minimum atomic E-state index is -0.166. The van der Waals surface area contributed by atoms with E-state index in [0.717, 1.165) is 46.0 Å². The second-order valence-electron chi connectivity index (χ2n) is 8.01. The van der Waals surface area contributed by atoms with Crippen LogP contribution in [0.1, 0.15) is 63.3 Å². The van der Waals surface area contributed by atoms with Gasteiger partial charge in [0, 0.05) is 22.0 Å². The van der Waals surface area contributed by atoms with Gasteiger partial charge in [-0.25, -0.2) is 4.98 Å². The van der Waals surface area contributed by atoms with Gasteiger partial charge in [0.1, 0.15) is 17.3 Å². The molecule has 1 aromatic heterocycles. The molecule has 0 unspecified atom stereocenters. The summed E-state index contributed by atoms with van der Waals surface area (Å²) in [6, 6.07) is 9.35. The molecule has 6 nitrogen and oxygen atoms in total. The summed E-state index contributed by atoms with van der Waals surface area (Å²) in [7, 11) is 0. The first-order valence-corrected chi connectivity index (χ1v) is 13.0. The van der Waals surface area contributed by atoms with Gasteiger partial charge in [0.05, 0.1) is 34.8 Å². The third-order valence-corrected chi connectivity index (χ3v) is 6.89. The lowest BCUT2D eigenvalue weighted by atomic mass is 9.88. The average molecular weight is 577 g/mol. The smallest absolute Gasteiger partial charge is 0.282 e. The van der Waals surface area contributed by atoms with Gasteiger partial charge in [-0.1, -0.05) is 35.2 Å². The molecule has 0 radical (unpaired) electrons. The molecule has 0 bridgehead atoms. The average Bonchev–Trinajstić information content (AvgIpc) is 2.82. The van der Waals surface area contributed by atoms with Crippen LogP contribution >= 0.6 is 31.9 Å². The van der Waals surface area contributed by atoms with Gasteiger partial charge >= 0.3 is 0 Å². The van der Waals surface area contributed by atoms with E-state index in [4.69, 9.17) is 14.5 Å². The monoisotopic (exact) mass is 575 g/mol. The fourth-order valence-electron chi connectivity index (χ4n) is 4.22. The van der Waals surface area contributed by atoms with Crippen LogP contribution in [0.15, 0.2) is 49.2 Å². The van der Waals surface area contributed by atoms with Gasteiger partial charge in [-0.05, 0) is 66.9 Å². The zero-order valence-electron chi connectivity index (χ0n) is 18.8. The van der Waals surface area contributed by atoms with Crippen LogP contribution in [0.3, 0.4) is 0 Å². The Morgan fingerprint density at radius 3 is 2.52 bits per heavy atom. The topological polar surface area (TPSA) is 65.7 Å². The van der Waals surface area contributed by atoms with Crippen LogP contribution in [0.25, 0.3) is 10.9 Å². The highest BCUT2D eigenvalue weighted by molar-refractivity contribution is 9.10. The Morgan fingerprint density at radius 2 is 1.79 bits per heavy atom. The van der Waals surface area contributed by atoms with E-state index in [1.54, 1.807) is 12.3 Å². The van der Waals surface area contributed by atoms with Crippen LogP contribution in [-0.4, -0.2) is 29.1 Å². The maximum absolute atomic E-state index is 13.5. The second-order valence-corrected chi connectivity index (χ2v) is 9.78. The molecule has 3 aromatic rings.